The van der Waals surface area contributed by atoms with Gasteiger partial charge in [0, 0.05) is 5.56 Å². The van der Waals surface area contributed by atoms with E-state index in [9.17, 15) is 22.8 Å². The molecule has 0 saturated carbocycles. The van der Waals surface area contributed by atoms with Crippen molar-refractivity contribution in [2.45, 2.75) is 6.18 Å². The highest BCUT2D eigenvalue weighted by Gasteiger charge is 2.35. The van der Waals surface area contributed by atoms with Gasteiger partial charge in [0.05, 0.1) is 22.8 Å². The molecule has 0 saturated heterocycles. The Kier molecular flexibility index (Phi) is 3.18. The van der Waals surface area contributed by atoms with Crippen LogP contribution in [0.2, 0.25) is 0 Å². The third kappa shape index (κ3) is 2.25. The van der Waals surface area contributed by atoms with Gasteiger partial charge in [0.15, 0.2) is 6.29 Å². The first-order chi connectivity index (χ1) is 7.82. The van der Waals surface area contributed by atoms with Crippen molar-refractivity contribution in [3.8, 4) is 6.07 Å². The number of alkyl halides is 3. The summed E-state index contributed by atoms with van der Waals surface area (Å²) in [7, 11) is 0. The van der Waals surface area contributed by atoms with E-state index < -0.39 is 28.8 Å². The minimum atomic E-state index is -4.80. The first-order valence-corrected chi connectivity index (χ1v) is 4.22. The minimum Gasteiger partial charge on any atom is -0.366 e. The Morgan fingerprint density at radius 2 is 2.00 bits per heavy atom. The summed E-state index contributed by atoms with van der Waals surface area (Å²) in [4.78, 5) is 21.6. The molecular formula is C10H5F3N2O2. The minimum absolute atomic E-state index is 0.135. The predicted octanol–water partition coefficient (Wildman–Crippen LogP) is 1.49. The van der Waals surface area contributed by atoms with Crippen molar-refractivity contribution in [2.24, 2.45) is 5.73 Å². The van der Waals surface area contributed by atoms with Crippen molar-refractivity contribution in [3.05, 3.63) is 34.4 Å². The van der Waals surface area contributed by atoms with E-state index in [2.05, 4.69) is 0 Å². The van der Waals surface area contributed by atoms with Gasteiger partial charge in [0.2, 0.25) is 0 Å². The molecule has 1 amide bonds. The zero-order valence-electron chi connectivity index (χ0n) is 8.21. The molecule has 1 aromatic carbocycles. The van der Waals surface area contributed by atoms with Gasteiger partial charge in [-0.05, 0) is 12.1 Å². The van der Waals surface area contributed by atoms with Crippen LogP contribution in [0.5, 0.6) is 0 Å². The van der Waals surface area contributed by atoms with Crippen molar-refractivity contribution >= 4 is 12.2 Å². The Hall–Kier alpha value is -2.36. The van der Waals surface area contributed by atoms with Crippen LogP contribution in [0.4, 0.5) is 13.2 Å². The smallest absolute Gasteiger partial charge is 0.366 e. The Morgan fingerprint density at radius 3 is 2.35 bits per heavy atom. The number of primary amides is 1. The highest BCUT2D eigenvalue weighted by atomic mass is 19.4. The van der Waals surface area contributed by atoms with E-state index >= 15 is 0 Å². The first kappa shape index (κ1) is 12.7. The van der Waals surface area contributed by atoms with Gasteiger partial charge in [-0.25, -0.2) is 0 Å². The average molecular weight is 242 g/mol. The third-order valence-electron chi connectivity index (χ3n) is 2.04. The molecule has 0 aliphatic rings. The standard InChI is InChI=1S/C10H5F3N2O2/c11-10(12,13)7-2-1-5(3-14)8(9(15)17)6(7)4-16/h1-2,4H,(H2,15,17). The summed E-state index contributed by atoms with van der Waals surface area (Å²) in [5.74, 6) is -1.25. The predicted molar refractivity (Wildman–Crippen MR) is 50.1 cm³/mol. The second-order valence-electron chi connectivity index (χ2n) is 3.04. The molecule has 1 rings (SSSR count). The summed E-state index contributed by atoms with van der Waals surface area (Å²) < 4.78 is 37.6. The number of hydrogen-bond donors (Lipinski definition) is 1. The lowest BCUT2D eigenvalue weighted by atomic mass is 9.96. The number of benzene rings is 1. The third-order valence-corrected chi connectivity index (χ3v) is 2.04. The van der Waals surface area contributed by atoms with Gasteiger partial charge in [-0.3, -0.25) is 9.59 Å². The second kappa shape index (κ2) is 4.25. The summed E-state index contributed by atoms with van der Waals surface area (Å²) in [6.45, 7) is 0. The maximum absolute atomic E-state index is 12.5. The number of rotatable bonds is 2. The van der Waals surface area contributed by atoms with Crippen molar-refractivity contribution in [1.82, 2.24) is 0 Å². The molecule has 0 aliphatic carbocycles. The number of aldehydes is 1. The molecule has 0 unspecified atom stereocenters. The molecule has 2 N–H and O–H groups in total. The molecule has 0 aromatic heterocycles. The lowest BCUT2D eigenvalue weighted by Gasteiger charge is -2.12. The largest absolute Gasteiger partial charge is 0.417 e. The van der Waals surface area contributed by atoms with E-state index in [1.165, 1.54) is 6.07 Å². The van der Waals surface area contributed by atoms with Gasteiger partial charge in [0.1, 0.15) is 0 Å². The highest BCUT2D eigenvalue weighted by molar-refractivity contribution is 6.03. The van der Waals surface area contributed by atoms with E-state index in [0.29, 0.717) is 6.07 Å². The molecular weight excluding hydrogens is 237 g/mol. The molecule has 88 valence electrons. The van der Waals surface area contributed by atoms with Gasteiger partial charge in [-0.15, -0.1) is 0 Å². The maximum atomic E-state index is 12.5. The zero-order chi connectivity index (χ0) is 13.2. The fraction of sp³-hybridized carbons (Fsp3) is 0.100. The molecule has 4 nitrogen and oxygen atoms in total. The van der Waals surface area contributed by atoms with Gasteiger partial charge in [-0.2, -0.15) is 18.4 Å². The van der Waals surface area contributed by atoms with Crippen molar-refractivity contribution in [2.75, 3.05) is 0 Å². The number of amides is 1. The maximum Gasteiger partial charge on any atom is 0.417 e. The number of nitriles is 1. The Bertz CT molecular complexity index is 530. The van der Waals surface area contributed by atoms with Crippen LogP contribution < -0.4 is 5.73 Å². The molecule has 0 atom stereocenters. The van der Waals surface area contributed by atoms with Gasteiger partial charge in [0.25, 0.3) is 5.91 Å². The normalized spacial score (nSPS) is 10.7. The summed E-state index contributed by atoms with van der Waals surface area (Å²) in [5, 5.41) is 8.63. The fourth-order valence-corrected chi connectivity index (χ4v) is 1.35. The van der Waals surface area contributed by atoms with Crippen LogP contribution in [0.3, 0.4) is 0 Å². The number of hydrogen-bond acceptors (Lipinski definition) is 3. The second-order valence-corrected chi connectivity index (χ2v) is 3.04. The lowest BCUT2D eigenvalue weighted by molar-refractivity contribution is -0.137. The van der Waals surface area contributed by atoms with Gasteiger partial charge < -0.3 is 5.73 Å². The summed E-state index contributed by atoms with van der Waals surface area (Å²) in [5.41, 5.74) is 1.58. The van der Waals surface area contributed by atoms with E-state index in [1.54, 1.807) is 0 Å². The molecule has 0 fully saturated rings. The van der Waals surface area contributed by atoms with Crippen molar-refractivity contribution in [3.63, 3.8) is 0 Å². The van der Waals surface area contributed by atoms with Gasteiger partial charge in [-0.1, -0.05) is 0 Å². The molecule has 1 aromatic rings. The van der Waals surface area contributed by atoms with E-state index in [-0.39, 0.29) is 11.8 Å². The van der Waals surface area contributed by atoms with Crippen LogP contribution in [-0.2, 0) is 6.18 Å². The topological polar surface area (TPSA) is 83.9 Å². The molecule has 7 heteroatoms. The monoisotopic (exact) mass is 242 g/mol. The van der Waals surface area contributed by atoms with Crippen LogP contribution in [-0.4, -0.2) is 12.2 Å². The molecule has 17 heavy (non-hydrogen) atoms. The average Bonchev–Trinajstić information content (AvgIpc) is 2.25. The molecule has 0 spiro atoms. The zero-order valence-corrected chi connectivity index (χ0v) is 8.21. The lowest BCUT2D eigenvalue weighted by Crippen LogP contribution is -2.20. The molecule has 0 aliphatic heterocycles. The van der Waals surface area contributed by atoms with E-state index in [1.807, 2.05) is 0 Å². The number of nitrogens with zero attached hydrogens (tertiary/aromatic N) is 1. The van der Waals surface area contributed by atoms with Crippen molar-refractivity contribution in [1.29, 1.82) is 5.26 Å². The Morgan fingerprint density at radius 1 is 1.41 bits per heavy atom. The Balaban J connectivity index is 3.72. The molecule has 0 bridgehead atoms. The quantitative estimate of drug-likeness (QED) is 0.797. The van der Waals surface area contributed by atoms with Crippen LogP contribution in [0, 0.1) is 11.3 Å². The summed E-state index contributed by atoms with van der Waals surface area (Å²) in [6, 6.07) is 2.87. The molecule has 0 heterocycles. The fourth-order valence-electron chi connectivity index (χ4n) is 1.35. The van der Waals surface area contributed by atoms with Gasteiger partial charge >= 0.3 is 6.18 Å². The first-order valence-electron chi connectivity index (χ1n) is 4.22. The SMILES string of the molecule is N#Cc1ccc(C(F)(F)F)c(C=O)c1C(N)=O. The van der Waals surface area contributed by atoms with E-state index in [0.717, 1.165) is 6.07 Å². The molecule has 0 radical (unpaired) electrons. The van der Waals surface area contributed by atoms with Crippen LogP contribution >= 0.6 is 0 Å². The van der Waals surface area contributed by atoms with Crippen molar-refractivity contribution < 1.29 is 22.8 Å². The number of carbonyl (C=O) groups is 2. The number of nitrogens with two attached hydrogens (primary N) is 1. The number of halogens is 3. The summed E-state index contributed by atoms with van der Waals surface area (Å²) >= 11 is 0. The van der Waals surface area contributed by atoms with Crippen LogP contribution in [0.25, 0.3) is 0 Å². The Labute approximate surface area is 93.4 Å². The van der Waals surface area contributed by atoms with Crippen LogP contribution in [0.15, 0.2) is 12.1 Å². The van der Waals surface area contributed by atoms with E-state index in [4.69, 9.17) is 11.0 Å². The van der Waals surface area contributed by atoms with Crippen LogP contribution in [0.1, 0.15) is 31.8 Å². The number of carbonyl (C=O) groups excluding carboxylic acids is 2. The highest BCUT2D eigenvalue weighted by Crippen LogP contribution is 2.33. The summed E-state index contributed by atoms with van der Waals surface area (Å²) in [6.07, 6.45) is -4.93.